The summed E-state index contributed by atoms with van der Waals surface area (Å²) in [7, 11) is 0. The van der Waals surface area contributed by atoms with Crippen LogP contribution in [0.5, 0.6) is 0 Å². The molecule has 0 aromatic rings. The van der Waals surface area contributed by atoms with Crippen LogP contribution in [-0.2, 0) is 0 Å². The fourth-order valence-corrected chi connectivity index (χ4v) is 1.25. The van der Waals surface area contributed by atoms with Crippen molar-refractivity contribution in [2.45, 2.75) is 32.4 Å². The zero-order valence-electron chi connectivity index (χ0n) is 8.61. The molecule has 0 aromatic carbocycles. The Hall–Kier alpha value is -0.290. The van der Waals surface area contributed by atoms with Gasteiger partial charge in [-0.15, -0.1) is 0 Å². The molecule has 0 fully saturated rings. The van der Waals surface area contributed by atoms with E-state index in [1.165, 1.54) is 0 Å². The molecule has 0 aliphatic carbocycles. The molecule has 14 heavy (non-hydrogen) atoms. The van der Waals surface area contributed by atoms with Gasteiger partial charge in [0.15, 0.2) is 0 Å². The lowest BCUT2D eigenvalue weighted by Crippen LogP contribution is -2.28. The van der Waals surface area contributed by atoms with Crippen molar-refractivity contribution in [2.75, 3.05) is 26.2 Å². The van der Waals surface area contributed by atoms with Crippen LogP contribution in [0.15, 0.2) is 0 Å². The Bertz CT molecular complexity index is 137. The molecular weight excluding hydrogens is 193 g/mol. The molecule has 2 nitrogen and oxygen atoms in total. The van der Waals surface area contributed by atoms with Crippen LogP contribution in [0.3, 0.4) is 0 Å². The highest BCUT2D eigenvalue weighted by molar-refractivity contribution is 4.58. The zero-order valence-corrected chi connectivity index (χ0v) is 8.61. The van der Waals surface area contributed by atoms with E-state index in [4.69, 9.17) is 5.73 Å². The maximum atomic E-state index is 11.8. The van der Waals surface area contributed by atoms with E-state index in [1.807, 2.05) is 11.8 Å². The summed E-state index contributed by atoms with van der Waals surface area (Å²) >= 11 is 0. The third-order valence-electron chi connectivity index (χ3n) is 2.06. The molecule has 0 unspecified atom stereocenters. The number of nitrogens with two attached hydrogens (primary N) is 1. The van der Waals surface area contributed by atoms with Gasteiger partial charge in [-0.3, -0.25) is 0 Å². The van der Waals surface area contributed by atoms with Gasteiger partial charge in [0.05, 0.1) is 0 Å². The summed E-state index contributed by atoms with van der Waals surface area (Å²) in [6.45, 7) is 4.64. The van der Waals surface area contributed by atoms with E-state index in [2.05, 4.69) is 0 Å². The van der Waals surface area contributed by atoms with Crippen molar-refractivity contribution in [3.05, 3.63) is 0 Å². The summed E-state index contributed by atoms with van der Waals surface area (Å²) in [5.41, 5.74) is 5.32. The van der Waals surface area contributed by atoms with Crippen LogP contribution in [0.4, 0.5) is 13.2 Å². The first kappa shape index (κ1) is 13.7. The van der Waals surface area contributed by atoms with Gasteiger partial charge in [0.25, 0.3) is 0 Å². The second kappa shape index (κ2) is 7.06. The Kier molecular flexibility index (Phi) is 6.92. The predicted molar refractivity (Wildman–Crippen MR) is 51.1 cm³/mol. The van der Waals surface area contributed by atoms with Gasteiger partial charge in [0, 0.05) is 6.42 Å². The third-order valence-corrected chi connectivity index (χ3v) is 2.06. The second-order valence-electron chi connectivity index (χ2n) is 3.30. The smallest absolute Gasteiger partial charge is 0.330 e. The summed E-state index contributed by atoms with van der Waals surface area (Å²) < 4.78 is 35.5. The van der Waals surface area contributed by atoms with E-state index in [9.17, 15) is 13.2 Å². The van der Waals surface area contributed by atoms with Crippen molar-refractivity contribution in [3.8, 4) is 0 Å². The molecule has 86 valence electrons. The first-order chi connectivity index (χ1) is 6.49. The molecule has 5 heteroatoms. The number of nitrogens with zero attached hydrogens (tertiary/aromatic N) is 1. The minimum atomic E-state index is -4.02. The van der Waals surface area contributed by atoms with E-state index in [1.54, 1.807) is 0 Å². The molecule has 0 radical (unpaired) electrons. The Balaban J connectivity index is 3.52. The van der Waals surface area contributed by atoms with Gasteiger partial charge in [0.1, 0.15) is 0 Å². The molecule has 0 aliphatic rings. The topological polar surface area (TPSA) is 29.3 Å². The van der Waals surface area contributed by atoms with Crippen LogP contribution in [-0.4, -0.2) is 37.3 Å². The van der Waals surface area contributed by atoms with Crippen LogP contribution < -0.4 is 5.73 Å². The van der Waals surface area contributed by atoms with E-state index in [-0.39, 0.29) is 6.42 Å². The minimum absolute atomic E-state index is 0.182. The zero-order chi connectivity index (χ0) is 11.0. The summed E-state index contributed by atoms with van der Waals surface area (Å²) in [5, 5.41) is 0. The van der Waals surface area contributed by atoms with Gasteiger partial charge in [0.2, 0.25) is 0 Å². The highest BCUT2D eigenvalue weighted by Gasteiger charge is 2.26. The normalized spacial score (nSPS) is 12.4. The van der Waals surface area contributed by atoms with Gasteiger partial charge in [-0.2, -0.15) is 13.2 Å². The Morgan fingerprint density at radius 2 is 1.71 bits per heavy atom. The highest BCUT2D eigenvalue weighted by atomic mass is 19.4. The Labute approximate surface area is 83.3 Å². The van der Waals surface area contributed by atoms with Gasteiger partial charge in [-0.05, 0) is 39.0 Å². The Morgan fingerprint density at radius 3 is 2.14 bits per heavy atom. The highest BCUT2D eigenvalue weighted by Crippen LogP contribution is 2.21. The lowest BCUT2D eigenvalue weighted by atomic mass is 10.2. The van der Waals surface area contributed by atoms with E-state index < -0.39 is 12.6 Å². The van der Waals surface area contributed by atoms with Crippen molar-refractivity contribution in [1.82, 2.24) is 4.90 Å². The molecule has 0 spiro atoms. The molecular formula is C9H19F3N2. The number of alkyl halides is 3. The summed E-state index contributed by atoms with van der Waals surface area (Å²) in [6, 6.07) is 0. The number of hydrogen-bond donors (Lipinski definition) is 1. The summed E-state index contributed by atoms with van der Waals surface area (Å²) in [5.74, 6) is 0. The quantitative estimate of drug-likeness (QED) is 0.699. The maximum absolute atomic E-state index is 11.8. The molecule has 0 amide bonds. The lowest BCUT2D eigenvalue weighted by Gasteiger charge is -2.20. The van der Waals surface area contributed by atoms with E-state index in [0.717, 1.165) is 19.5 Å². The summed E-state index contributed by atoms with van der Waals surface area (Å²) in [4.78, 5) is 2.00. The van der Waals surface area contributed by atoms with Gasteiger partial charge in [-0.25, -0.2) is 0 Å². The van der Waals surface area contributed by atoms with Crippen LogP contribution in [0.1, 0.15) is 26.2 Å². The number of rotatable bonds is 7. The van der Waals surface area contributed by atoms with Crippen molar-refractivity contribution < 1.29 is 13.2 Å². The van der Waals surface area contributed by atoms with Crippen LogP contribution in [0.25, 0.3) is 0 Å². The fourth-order valence-electron chi connectivity index (χ4n) is 1.25. The first-order valence-corrected chi connectivity index (χ1v) is 4.98. The molecule has 0 saturated heterocycles. The molecule has 0 saturated carbocycles. The van der Waals surface area contributed by atoms with E-state index in [0.29, 0.717) is 13.1 Å². The van der Waals surface area contributed by atoms with Gasteiger partial charge < -0.3 is 10.6 Å². The summed E-state index contributed by atoms with van der Waals surface area (Å²) in [6.07, 6.45) is -3.68. The SMILES string of the molecule is CCN(CCCN)CCCC(F)(F)F. The molecule has 0 bridgehead atoms. The van der Waals surface area contributed by atoms with Crippen LogP contribution in [0, 0.1) is 0 Å². The molecule has 0 rings (SSSR count). The van der Waals surface area contributed by atoms with Gasteiger partial charge in [-0.1, -0.05) is 6.92 Å². The molecule has 0 aromatic heterocycles. The predicted octanol–water partition coefficient (Wildman–Crippen LogP) is 2.00. The maximum Gasteiger partial charge on any atom is 0.389 e. The molecule has 2 N–H and O–H groups in total. The largest absolute Gasteiger partial charge is 0.389 e. The molecule has 0 aliphatic heterocycles. The Morgan fingerprint density at radius 1 is 1.14 bits per heavy atom. The van der Waals surface area contributed by atoms with Crippen LogP contribution in [0.2, 0.25) is 0 Å². The minimum Gasteiger partial charge on any atom is -0.330 e. The third kappa shape index (κ3) is 8.31. The lowest BCUT2D eigenvalue weighted by molar-refractivity contribution is -0.136. The average Bonchev–Trinajstić information content (AvgIpc) is 2.09. The van der Waals surface area contributed by atoms with Gasteiger partial charge >= 0.3 is 6.18 Å². The first-order valence-electron chi connectivity index (χ1n) is 4.98. The van der Waals surface area contributed by atoms with E-state index >= 15 is 0 Å². The number of halogens is 3. The van der Waals surface area contributed by atoms with Crippen molar-refractivity contribution in [1.29, 1.82) is 0 Å². The van der Waals surface area contributed by atoms with Crippen molar-refractivity contribution in [2.24, 2.45) is 5.73 Å². The van der Waals surface area contributed by atoms with Crippen molar-refractivity contribution >= 4 is 0 Å². The fraction of sp³-hybridized carbons (Fsp3) is 1.00. The van der Waals surface area contributed by atoms with Crippen molar-refractivity contribution in [3.63, 3.8) is 0 Å². The standard InChI is InChI=1S/C9H19F3N2/c1-2-14(8-4-6-13)7-3-5-9(10,11)12/h2-8,13H2,1H3. The van der Waals surface area contributed by atoms with Crippen LogP contribution >= 0.6 is 0 Å². The molecule has 0 heterocycles. The monoisotopic (exact) mass is 212 g/mol. The molecule has 0 atom stereocenters. The number of hydrogen-bond acceptors (Lipinski definition) is 2. The second-order valence-corrected chi connectivity index (χ2v) is 3.30. The average molecular weight is 212 g/mol.